The number of Topliss-reactive ketones (excluding diaryl/α,β-unsaturated/α-hetero) is 2. The standard InChI is InChI=1S/C12H21NO2/c1-4-13(5-2)9-12(10(3)14)8-6-7-11(12)15/h4-9H2,1-3H3. The number of carbonyl (C=O) groups is 2. The van der Waals surface area contributed by atoms with Crippen molar-refractivity contribution in [2.75, 3.05) is 19.6 Å². The number of hydrogen-bond acceptors (Lipinski definition) is 3. The fourth-order valence-corrected chi connectivity index (χ4v) is 2.41. The van der Waals surface area contributed by atoms with Crippen molar-refractivity contribution in [3.63, 3.8) is 0 Å². The highest BCUT2D eigenvalue weighted by Gasteiger charge is 2.46. The molecular weight excluding hydrogens is 190 g/mol. The van der Waals surface area contributed by atoms with E-state index in [4.69, 9.17) is 0 Å². The van der Waals surface area contributed by atoms with Gasteiger partial charge in [-0.1, -0.05) is 13.8 Å². The summed E-state index contributed by atoms with van der Waals surface area (Å²) in [6.07, 6.45) is 2.21. The molecule has 0 saturated heterocycles. The van der Waals surface area contributed by atoms with Gasteiger partial charge in [0.15, 0.2) is 0 Å². The lowest BCUT2D eigenvalue weighted by Crippen LogP contribution is -2.45. The predicted octanol–water partition coefficient (Wildman–Crippen LogP) is 1.66. The Hall–Kier alpha value is -0.700. The average molecular weight is 211 g/mol. The first kappa shape index (κ1) is 12.4. The van der Waals surface area contributed by atoms with E-state index in [-0.39, 0.29) is 11.6 Å². The number of ketones is 2. The molecule has 15 heavy (non-hydrogen) atoms. The Balaban J connectivity index is 2.83. The minimum absolute atomic E-state index is 0.0527. The van der Waals surface area contributed by atoms with Gasteiger partial charge in [-0.2, -0.15) is 0 Å². The number of carbonyl (C=O) groups excluding carboxylic acids is 2. The van der Waals surface area contributed by atoms with Crippen LogP contribution < -0.4 is 0 Å². The highest BCUT2D eigenvalue weighted by atomic mass is 16.2. The van der Waals surface area contributed by atoms with Crippen molar-refractivity contribution >= 4 is 11.6 Å². The second kappa shape index (κ2) is 4.88. The molecule has 1 aliphatic carbocycles. The molecule has 1 unspecified atom stereocenters. The molecule has 0 aromatic carbocycles. The second-order valence-corrected chi connectivity index (χ2v) is 4.38. The molecule has 86 valence electrons. The number of hydrogen-bond donors (Lipinski definition) is 0. The third-order valence-electron chi connectivity index (χ3n) is 3.60. The fraction of sp³-hybridized carbons (Fsp3) is 0.833. The maximum atomic E-state index is 11.9. The van der Waals surface area contributed by atoms with Crippen molar-refractivity contribution in [2.24, 2.45) is 5.41 Å². The normalized spacial score (nSPS) is 26.3. The van der Waals surface area contributed by atoms with E-state index in [1.165, 1.54) is 0 Å². The molecule has 0 bridgehead atoms. The first-order chi connectivity index (χ1) is 7.06. The molecule has 1 atom stereocenters. The van der Waals surface area contributed by atoms with Gasteiger partial charge >= 0.3 is 0 Å². The third-order valence-corrected chi connectivity index (χ3v) is 3.60. The number of nitrogens with zero attached hydrogens (tertiary/aromatic N) is 1. The SMILES string of the molecule is CCN(CC)CC1(C(C)=O)CCCC1=O. The van der Waals surface area contributed by atoms with Gasteiger partial charge < -0.3 is 4.90 Å². The second-order valence-electron chi connectivity index (χ2n) is 4.38. The highest BCUT2D eigenvalue weighted by molar-refractivity contribution is 6.07. The summed E-state index contributed by atoms with van der Waals surface area (Å²) in [5.41, 5.74) is -0.675. The van der Waals surface area contributed by atoms with Crippen molar-refractivity contribution in [1.82, 2.24) is 4.90 Å². The molecule has 1 fully saturated rings. The van der Waals surface area contributed by atoms with Gasteiger partial charge in [0.05, 0.1) is 5.41 Å². The Bertz CT molecular complexity index is 258. The van der Waals surface area contributed by atoms with Crippen LogP contribution in [0.2, 0.25) is 0 Å². The molecule has 1 saturated carbocycles. The summed E-state index contributed by atoms with van der Waals surface area (Å²) in [6.45, 7) is 8.12. The Morgan fingerprint density at radius 2 is 2.00 bits per heavy atom. The number of rotatable bonds is 5. The van der Waals surface area contributed by atoms with Crippen LogP contribution >= 0.6 is 0 Å². The van der Waals surface area contributed by atoms with Crippen molar-refractivity contribution in [3.05, 3.63) is 0 Å². The van der Waals surface area contributed by atoms with Crippen LogP contribution in [0.3, 0.4) is 0 Å². The first-order valence-corrected chi connectivity index (χ1v) is 5.83. The average Bonchev–Trinajstić information content (AvgIpc) is 2.57. The lowest BCUT2D eigenvalue weighted by Gasteiger charge is -2.30. The fourth-order valence-electron chi connectivity index (χ4n) is 2.41. The molecule has 3 nitrogen and oxygen atoms in total. The van der Waals surface area contributed by atoms with Crippen LogP contribution in [-0.2, 0) is 9.59 Å². The summed E-state index contributed by atoms with van der Waals surface area (Å²) in [6, 6.07) is 0. The Kier molecular flexibility index (Phi) is 4.03. The molecule has 0 aromatic rings. The molecule has 0 spiro atoms. The monoisotopic (exact) mass is 211 g/mol. The van der Waals surface area contributed by atoms with E-state index >= 15 is 0 Å². The van der Waals surface area contributed by atoms with Gasteiger partial charge in [0.25, 0.3) is 0 Å². The maximum Gasteiger partial charge on any atom is 0.147 e. The quantitative estimate of drug-likeness (QED) is 0.649. The van der Waals surface area contributed by atoms with E-state index in [0.717, 1.165) is 25.9 Å². The van der Waals surface area contributed by atoms with Crippen molar-refractivity contribution in [2.45, 2.75) is 40.0 Å². The van der Waals surface area contributed by atoms with Gasteiger partial charge in [-0.15, -0.1) is 0 Å². The van der Waals surface area contributed by atoms with Gasteiger partial charge in [0, 0.05) is 13.0 Å². The van der Waals surface area contributed by atoms with E-state index in [9.17, 15) is 9.59 Å². The molecule has 0 heterocycles. The molecule has 0 amide bonds. The van der Waals surface area contributed by atoms with Crippen molar-refractivity contribution in [3.8, 4) is 0 Å². The van der Waals surface area contributed by atoms with Gasteiger partial charge in [-0.3, -0.25) is 9.59 Å². The molecule has 0 N–H and O–H groups in total. The van der Waals surface area contributed by atoms with Crippen LogP contribution in [-0.4, -0.2) is 36.1 Å². The van der Waals surface area contributed by atoms with Crippen LogP contribution in [0, 0.1) is 5.41 Å². The summed E-state index contributed by atoms with van der Waals surface area (Å²) >= 11 is 0. The molecular formula is C12H21NO2. The van der Waals surface area contributed by atoms with Crippen LogP contribution in [0.5, 0.6) is 0 Å². The van der Waals surface area contributed by atoms with E-state index in [0.29, 0.717) is 13.0 Å². The smallest absolute Gasteiger partial charge is 0.147 e. The summed E-state index contributed by atoms with van der Waals surface area (Å²) in [5.74, 6) is 0.207. The minimum atomic E-state index is -0.675. The zero-order chi connectivity index (χ0) is 11.5. The minimum Gasteiger partial charge on any atom is -0.302 e. The van der Waals surface area contributed by atoms with Gasteiger partial charge in [0.1, 0.15) is 11.6 Å². The highest BCUT2D eigenvalue weighted by Crippen LogP contribution is 2.36. The van der Waals surface area contributed by atoms with Crippen LogP contribution in [0.25, 0.3) is 0 Å². The lowest BCUT2D eigenvalue weighted by molar-refractivity contribution is -0.138. The zero-order valence-electron chi connectivity index (χ0n) is 10.0. The molecule has 3 heteroatoms. The lowest BCUT2D eigenvalue weighted by atomic mass is 9.80. The van der Waals surface area contributed by atoms with E-state index in [2.05, 4.69) is 18.7 Å². The van der Waals surface area contributed by atoms with Gasteiger partial charge in [0.2, 0.25) is 0 Å². The van der Waals surface area contributed by atoms with E-state index in [1.807, 2.05) is 0 Å². The Morgan fingerprint density at radius 3 is 2.33 bits per heavy atom. The predicted molar refractivity (Wildman–Crippen MR) is 59.8 cm³/mol. The van der Waals surface area contributed by atoms with Crippen molar-refractivity contribution < 1.29 is 9.59 Å². The summed E-state index contributed by atoms with van der Waals surface area (Å²) in [7, 11) is 0. The topological polar surface area (TPSA) is 37.4 Å². The molecule has 1 aliphatic rings. The zero-order valence-corrected chi connectivity index (χ0v) is 10.0. The van der Waals surface area contributed by atoms with E-state index < -0.39 is 5.41 Å². The van der Waals surface area contributed by atoms with Gasteiger partial charge in [-0.05, 0) is 32.9 Å². The van der Waals surface area contributed by atoms with Crippen LogP contribution in [0.1, 0.15) is 40.0 Å². The summed E-state index contributed by atoms with van der Waals surface area (Å²) in [4.78, 5) is 25.7. The Morgan fingerprint density at radius 1 is 1.40 bits per heavy atom. The van der Waals surface area contributed by atoms with Crippen LogP contribution in [0.4, 0.5) is 0 Å². The van der Waals surface area contributed by atoms with Gasteiger partial charge in [-0.25, -0.2) is 0 Å². The molecule has 0 aliphatic heterocycles. The Labute approximate surface area is 91.8 Å². The van der Waals surface area contributed by atoms with Crippen molar-refractivity contribution in [1.29, 1.82) is 0 Å². The first-order valence-electron chi connectivity index (χ1n) is 5.83. The summed E-state index contributed by atoms with van der Waals surface area (Å²) in [5, 5.41) is 0. The molecule has 1 rings (SSSR count). The van der Waals surface area contributed by atoms with Crippen LogP contribution in [0.15, 0.2) is 0 Å². The largest absolute Gasteiger partial charge is 0.302 e. The molecule has 0 radical (unpaired) electrons. The maximum absolute atomic E-state index is 11.9. The molecule has 0 aromatic heterocycles. The van der Waals surface area contributed by atoms with E-state index in [1.54, 1.807) is 6.92 Å². The summed E-state index contributed by atoms with van der Waals surface area (Å²) < 4.78 is 0. The third kappa shape index (κ3) is 2.28.